The molecule has 4 aromatic rings. The summed E-state index contributed by atoms with van der Waals surface area (Å²) in [6.07, 6.45) is 5.23. The summed E-state index contributed by atoms with van der Waals surface area (Å²) >= 11 is 0. The molecule has 0 radical (unpaired) electrons. The molecule has 8 nitrogen and oxygen atoms in total. The normalized spacial score (nSPS) is 11.4. The maximum Gasteiger partial charge on any atom is 0.280 e. The summed E-state index contributed by atoms with van der Waals surface area (Å²) in [5, 5.41) is 3.55. The number of anilines is 1. The van der Waals surface area contributed by atoms with Gasteiger partial charge in [0.2, 0.25) is 5.95 Å². The largest absolute Gasteiger partial charge is 0.368 e. The van der Waals surface area contributed by atoms with E-state index in [1.54, 1.807) is 26.2 Å². The van der Waals surface area contributed by atoms with Gasteiger partial charge in [0, 0.05) is 30.9 Å². The molecule has 0 fully saturated rings. The van der Waals surface area contributed by atoms with Gasteiger partial charge in [-0.3, -0.25) is 14.3 Å². The molecule has 4 rings (SSSR count). The van der Waals surface area contributed by atoms with Gasteiger partial charge in [-0.1, -0.05) is 24.3 Å². The van der Waals surface area contributed by atoms with Crippen molar-refractivity contribution in [3.63, 3.8) is 0 Å². The quantitative estimate of drug-likeness (QED) is 0.456. The Bertz CT molecular complexity index is 1490. The molecule has 0 spiro atoms. The predicted molar refractivity (Wildman–Crippen MR) is 125 cm³/mol. The zero-order chi connectivity index (χ0) is 24.4. The van der Waals surface area contributed by atoms with Gasteiger partial charge in [0.15, 0.2) is 11.6 Å². The Morgan fingerprint density at radius 3 is 2.74 bits per heavy atom. The van der Waals surface area contributed by atoms with Crippen molar-refractivity contribution in [2.45, 2.75) is 13.5 Å². The highest BCUT2D eigenvalue weighted by molar-refractivity contribution is 5.95. The van der Waals surface area contributed by atoms with Gasteiger partial charge < -0.3 is 11.1 Å². The number of carbonyl (C=O) groups is 1. The molecule has 174 valence electrons. The number of nitrogens with zero attached hydrogens (tertiary/aromatic N) is 4. The first-order valence-corrected chi connectivity index (χ1v) is 10.4. The first kappa shape index (κ1) is 22.8. The highest BCUT2D eigenvalue weighted by Crippen LogP contribution is 2.15. The molecule has 0 bridgehead atoms. The second kappa shape index (κ2) is 9.26. The van der Waals surface area contributed by atoms with Crippen molar-refractivity contribution in [1.82, 2.24) is 24.6 Å². The molecule has 0 saturated heterocycles. The van der Waals surface area contributed by atoms with E-state index in [4.69, 9.17) is 5.73 Å². The fraction of sp³-hybridized carbons (Fsp3) is 0.167. The van der Waals surface area contributed by atoms with Crippen LogP contribution in [0.25, 0.3) is 17.0 Å². The van der Waals surface area contributed by atoms with Gasteiger partial charge in [0.1, 0.15) is 5.56 Å². The van der Waals surface area contributed by atoms with E-state index in [0.717, 1.165) is 28.6 Å². The molecule has 2 aromatic heterocycles. The van der Waals surface area contributed by atoms with Crippen LogP contribution < -0.4 is 16.6 Å². The van der Waals surface area contributed by atoms with Crippen LogP contribution in [0.4, 0.5) is 14.7 Å². The molecular weight excluding hydrogens is 442 g/mol. The summed E-state index contributed by atoms with van der Waals surface area (Å²) in [4.78, 5) is 33.7. The summed E-state index contributed by atoms with van der Waals surface area (Å²) in [7, 11) is 1.63. The number of hydrogen-bond donors (Lipinski definition) is 2. The minimum Gasteiger partial charge on any atom is -0.368 e. The topological polar surface area (TPSA) is 108 Å². The molecule has 2 aromatic carbocycles. The van der Waals surface area contributed by atoms with Crippen LogP contribution in [0.2, 0.25) is 0 Å². The number of nitrogens with one attached hydrogen (secondary N) is 1. The van der Waals surface area contributed by atoms with Gasteiger partial charge in [-0.15, -0.1) is 0 Å². The lowest BCUT2D eigenvalue weighted by Gasteiger charge is -2.08. The molecule has 10 heteroatoms. The Hall–Kier alpha value is -4.34. The van der Waals surface area contributed by atoms with Crippen molar-refractivity contribution in [3.05, 3.63) is 93.0 Å². The van der Waals surface area contributed by atoms with E-state index >= 15 is 0 Å². The smallest absolute Gasteiger partial charge is 0.280 e. The number of nitrogen functional groups attached to an aromatic ring is 1. The Morgan fingerprint density at radius 2 is 1.97 bits per heavy atom. The maximum atomic E-state index is 13.5. The monoisotopic (exact) mass is 464 g/mol. The number of aromatic nitrogens is 4. The molecule has 0 atom stereocenters. The molecular formula is C24H22F2N6O2. The summed E-state index contributed by atoms with van der Waals surface area (Å²) in [5.74, 6) is -2.27. The molecule has 3 N–H and O–H groups in total. The van der Waals surface area contributed by atoms with Crippen LogP contribution in [0.1, 0.15) is 27.2 Å². The summed E-state index contributed by atoms with van der Waals surface area (Å²) in [5.41, 5.74) is 7.56. The Balaban J connectivity index is 1.46. The van der Waals surface area contributed by atoms with E-state index in [1.165, 1.54) is 15.4 Å². The number of benzene rings is 2. The Morgan fingerprint density at radius 1 is 1.18 bits per heavy atom. The van der Waals surface area contributed by atoms with Gasteiger partial charge >= 0.3 is 0 Å². The van der Waals surface area contributed by atoms with E-state index in [9.17, 15) is 18.4 Å². The third kappa shape index (κ3) is 4.56. The van der Waals surface area contributed by atoms with Gasteiger partial charge in [-0.2, -0.15) is 0 Å². The van der Waals surface area contributed by atoms with Crippen molar-refractivity contribution < 1.29 is 13.6 Å². The van der Waals surface area contributed by atoms with E-state index in [-0.39, 0.29) is 24.6 Å². The second-order valence-corrected chi connectivity index (χ2v) is 7.75. The number of rotatable bonds is 6. The highest BCUT2D eigenvalue weighted by Gasteiger charge is 2.21. The number of carbonyl (C=O) groups excluding carboxylic acids is 1. The SMILES string of the molecule is Cc1c(C(=O)NCC=Cc2ccc3nc(N)ncc3c2)c(=O)n(Cc2ccc(F)c(F)c2)n1C. The molecule has 0 aliphatic rings. The first-order valence-electron chi connectivity index (χ1n) is 10.4. The molecule has 2 heterocycles. The molecule has 0 aliphatic carbocycles. The first-order chi connectivity index (χ1) is 16.2. The second-order valence-electron chi connectivity index (χ2n) is 7.75. The number of amides is 1. The molecule has 0 aliphatic heterocycles. The van der Waals surface area contributed by atoms with E-state index < -0.39 is 23.1 Å². The van der Waals surface area contributed by atoms with Crippen molar-refractivity contribution in [3.8, 4) is 0 Å². The lowest BCUT2D eigenvalue weighted by molar-refractivity contribution is 0.0956. The van der Waals surface area contributed by atoms with Crippen LogP contribution in [-0.2, 0) is 13.6 Å². The van der Waals surface area contributed by atoms with Crippen molar-refractivity contribution in [2.24, 2.45) is 7.05 Å². The summed E-state index contributed by atoms with van der Waals surface area (Å²) in [6, 6.07) is 9.02. The van der Waals surface area contributed by atoms with E-state index in [1.807, 2.05) is 24.3 Å². The molecule has 34 heavy (non-hydrogen) atoms. The number of fused-ring (bicyclic) bond motifs is 1. The zero-order valence-electron chi connectivity index (χ0n) is 18.5. The molecule has 1 amide bonds. The Kier molecular flexibility index (Phi) is 6.22. The van der Waals surface area contributed by atoms with E-state index in [2.05, 4.69) is 15.3 Å². The van der Waals surface area contributed by atoms with Crippen molar-refractivity contribution >= 4 is 28.8 Å². The van der Waals surface area contributed by atoms with E-state index in [0.29, 0.717) is 11.3 Å². The van der Waals surface area contributed by atoms with Crippen LogP contribution in [0.15, 0.2) is 53.5 Å². The van der Waals surface area contributed by atoms with Gasteiger partial charge in [0.25, 0.3) is 11.5 Å². The Labute approximate surface area is 193 Å². The number of hydrogen-bond acceptors (Lipinski definition) is 5. The third-order valence-corrected chi connectivity index (χ3v) is 5.51. The highest BCUT2D eigenvalue weighted by atomic mass is 19.2. The third-order valence-electron chi connectivity index (χ3n) is 5.51. The fourth-order valence-corrected chi connectivity index (χ4v) is 3.62. The predicted octanol–water partition coefficient (Wildman–Crippen LogP) is 2.79. The van der Waals surface area contributed by atoms with Crippen LogP contribution in [0.3, 0.4) is 0 Å². The van der Waals surface area contributed by atoms with Crippen LogP contribution in [-0.4, -0.2) is 31.8 Å². The molecule has 0 saturated carbocycles. The average Bonchev–Trinajstić information content (AvgIpc) is 3.02. The van der Waals surface area contributed by atoms with Crippen LogP contribution in [0.5, 0.6) is 0 Å². The minimum absolute atomic E-state index is 0.000994. The standard InChI is InChI=1S/C24H22F2N6O2/c1-14-21(23(34)32(31(14)2)13-16-5-7-18(25)19(26)11-16)22(33)28-9-3-4-15-6-8-20-17(10-15)12-29-24(27)30-20/h3-8,10-12H,9,13H2,1-2H3,(H,28,33)(H2,27,29,30). The maximum absolute atomic E-state index is 13.5. The lowest BCUT2D eigenvalue weighted by atomic mass is 10.1. The van der Waals surface area contributed by atoms with Gasteiger partial charge in [0.05, 0.1) is 12.1 Å². The number of halogens is 2. The van der Waals surface area contributed by atoms with Gasteiger partial charge in [-0.05, 0) is 42.3 Å². The molecule has 0 unspecified atom stereocenters. The average molecular weight is 464 g/mol. The summed E-state index contributed by atoms with van der Waals surface area (Å²) in [6.45, 7) is 1.85. The summed E-state index contributed by atoms with van der Waals surface area (Å²) < 4.78 is 29.6. The van der Waals surface area contributed by atoms with Crippen molar-refractivity contribution in [1.29, 1.82) is 0 Å². The van der Waals surface area contributed by atoms with Crippen LogP contribution >= 0.6 is 0 Å². The number of nitrogens with two attached hydrogens (primary N) is 1. The fourth-order valence-electron chi connectivity index (χ4n) is 3.62. The lowest BCUT2D eigenvalue weighted by Crippen LogP contribution is -2.31. The zero-order valence-corrected chi connectivity index (χ0v) is 18.5. The van der Waals surface area contributed by atoms with Crippen LogP contribution in [0, 0.1) is 18.6 Å². The van der Waals surface area contributed by atoms with Crippen molar-refractivity contribution in [2.75, 3.05) is 12.3 Å². The van der Waals surface area contributed by atoms with Gasteiger partial charge in [-0.25, -0.2) is 23.4 Å². The minimum atomic E-state index is -0.996.